The van der Waals surface area contributed by atoms with E-state index in [0.29, 0.717) is 23.8 Å². The van der Waals surface area contributed by atoms with Crippen LogP contribution < -0.4 is 10.6 Å². The maximum atomic E-state index is 11.6. The lowest BCUT2D eigenvalue weighted by Gasteiger charge is -2.20. The highest BCUT2D eigenvalue weighted by atomic mass is 16.2. The molecule has 102 valence electrons. The molecule has 0 saturated carbocycles. The van der Waals surface area contributed by atoms with E-state index in [1.807, 2.05) is 13.1 Å². The summed E-state index contributed by atoms with van der Waals surface area (Å²) < 4.78 is 0. The SMILES string of the molecule is CC(C)N(C)CCNC(=O)Nc1cccc(C#N)c1. The number of urea groups is 1. The van der Waals surface area contributed by atoms with E-state index in [0.717, 1.165) is 6.54 Å². The molecule has 0 saturated heterocycles. The zero-order chi connectivity index (χ0) is 14.3. The van der Waals surface area contributed by atoms with Gasteiger partial charge in [-0.3, -0.25) is 0 Å². The highest BCUT2D eigenvalue weighted by Gasteiger charge is 2.05. The van der Waals surface area contributed by atoms with Gasteiger partial charge in [-0.2, -0.15) is 5.26 Å². The van der Waals surface area contributed by atoms with Gasteiger partial charge in [0, 0.05) is 24.8 Å². The molecule has 1 aromatic carbocycles. The van der Waals surface area contributed by atoms with Crippen molar-refractivity contribution in [1.29, 1.82) is 5.26 Å². The summed E-state index contributed by atoms with van der Waals surface area (Å²) in [5.74, 6) is 0. The summed E-state index contributed by atoms with van der Waals surface area (Å²) in [5, 5.41) is 14.2. The molecule has 0 aliphatic heterocycles. The first-order valence-corrected chi connectivity index (χ1v) is 6.28. The molecule has 0 aliphatic rings. The van der Waals surface area contributed by atoms with Gasteiger partial charge in [-0.15, -0.1) is 0 Å². The Morgan fingerprint density at radius 2 is 2.21 bits per heavy atom. The summed E-state index contributed by atoms with van der Waals surface area (Å²) in [6.07, 6.45) is 0. The van der Waals surface area contributed by atoms with Crippen molar-refractivity contribution in [3.8, 4) is 6.07 Å². The van der Waals surface area contributed by atoms with Crippen LogP contribution in [-0.2, 0) is 0 Å². The quantitative estimate of drug-likeness (QED) is 0.851. The smallest absolute Gasteiger partial charge is 0.319 e. The minimum atomic E-state index is -0.257. The predicted octanol–water partition coefficient (Wildman–Crippen LogP) is 2.02. The van der Waals surface area contributed by atoms with Crippen molar-refractivity contribution in [1.82, 2.24) is 10.2 Å². The fourth-order valence-electron chi connectivity index (χ4n) is 1.45. The Bertz CT molecular complexity index is 465. The predicted molar refractivity (Wildman–Crippen MR) is 75.9 cm³/mol. The van der Waals surface area contributed by atoms with Gasteiger partial charge in [0.05, 0.1) is 11.6 Å². The molecule has 2 amide bonds. The fourth-order valence-corrected chi connectivity index (χ4v) is 1.45. The molecular weight excluding hydrogens is 240 g/mol. The summed E-state index contributed by atoms with van der Waals surface area (Å²) in [6, 6.07) is 9.05. The molecule has 0 aliphatic carbocycles. The molecule has 5 nitrogen and oxygen atoms in total. The number of amides is 2. The molecule has 0 bridgehead atoms. The first kappa shape index (κ1) is 15.0. The topological polar surface area (TPSA) is 68.2 Å². The molecule has 1 rings (SSSR count). The van der Waals surface area contributed by atoms with E-state index in [1.54, 1.807) is 24.3 Å². The lowest BCUT2D eigenvalue weighted by Crippen LogP contribution is -2.37. The molecule has 1 aromatic rings. The van der Waals surface area contributed by atoms with E-state index in [-0.39, 0.29) is 6.03 Å². The molecule has 0 spiro atoms. The van der Waals surface area contributed by atoms with Crippen LogP contribution in [0.2, 0.25) is 0 Å². The van der Waals surface area contributed by atoms with Crippen molar-refractivity contribution in [2.75, 3.05) is 25.5 Å². The zero-order valence-electron chi connectivity index (χ0n) is 11.6. The Balaban J connectivity index is 2.37. The van der Waals surface area contributed by atoms with Gasteiger partial charge < -0.3 is 15.5 Å². The first-order valence-electron chi connectivity index (χ1n) is 6.28. The summed E-state index contributed by atoms with van der Waals surface area (Å²) in [4.78, 5) is 13.8. The number of benzene rings is 1. The van der Waals surface area contributed by atoms with Gasteiger partial charge in [0.25, 0.3) is 0 Å². The van der Waals surface area contributed by atoms with Crippen LogP contribution in [0.4, 0.5) is 10.5 Å². The number of likely N-dealkylation sites (N-methyl/N-ethyl adjacent to an activating group) is 1. The number of carbonyl (C=O) groups is 1. The number of anilines is 1. The minimum absolute atomic E-state index is 0.257. The normalized spacial score (nSPS) is 10.3. The van der Waals surface area contributed by atoms with Crippen LogP contribution in [0.1, 0.15) is 19.4 Å². The Kier molecular flexibility index (Phi) is 5.83. The largest absolute Gasteiger partial charge is 0.337 e. The van der Waals surface area contributed by atoms with Crippen molar-refractivity contribution in [2.45, 2.75) is 19.9 Å². The van der Waals surface area contributed by atoms with Crippen LogP contribution >= 0.6 is 0 Å². The third-order valence-electron chi connectivity index (χ3n) is 2.88. The molecule has 19 heavy (non-hydrogen) atoms. The van der Waals surface area contributed by atoms with Crippen molar-refractivity contribution < 1.29 is 4.79 Å². The van der Waals surface area contributed by atoms with E-state index in [2.05, 4.69) is 29.4 Å². The lowest BCUT2D eigenvalue weighted by molar-refractivity contribution is 0.244. The lowest BCUT2D eigenvalue weighted by atomic mass is 10.2. The monoisotopic (exact) mass is 260 g/mol. The van der Waals surface area contributed by atoms with Gasteiger partial charge in [-0.1, -0.05) is 6.07 Å². The molecule has 5 heteroatoms. The summed E-state index contributed by atoms with van der Waals surface area (Å²) in [5.41, 5.74) is 1.14. The number of hydrogen-bond acceptors (Lipinski definition) is 3. The number of nitriles is 1. The second-order valence-electron chi connectivity index (χ2n) is 4.65. The Hall–Kier alpha value is -2.06. The molecule has 0 heterocycles. The Morgan fingerprint density at radius 3 is 2.84 bits per heavy atom. The summed E-state index contributed by atoms with van der Waals surface area (Å²) >= 11 is 0. The maximum Gasteiger partial charge on any atom is 0.319 e. The van der Waals surface area contributed by atoms with Crippen LogP contribution in [0.3, 0.4) is 0 Å². The summed E-state index contributed by atoms with van der Waals surface area (Å²) in [7, 11) is 2.01. The highest BCUT2D eigenvalue weighted by Crippen LogP contribution is 2.09. The maximum absolute atomic E-state index is 11.6. The van der Waals surface area contributed by atoms with E-state index in [9.17, 15) is 4.79 Å². The Labute approximate surface area is 114 Å². The minimum Gasteiger partial charge on any atom is -0.337 e. The average Bonchev–Trinajstić information content (AvgIpc) is 2.38. The molecule has 0 atom stereocenters. The molecule has 0 radical (unpaired) electrons. The second-order valence-corrected chi connectivity index (χ2v) is 4.65. The van der Waals surface area contributed by atoms with Gasteiger partial charge in [0.15, 0.2) is 0 Å². The van der Waals surface area contributed by atoms with Crippen LogP contribution in [-0.4, -0.2) is 37.1 Å². The van der Waals surface area contributed by atoms with Gasteiger partial charge in [0.2, 0.25) is 0 Å². The van der Waals surface area contributed by atoms with E-state index >= 15 is 0 Å². The van der Waals surface area contributed by atoms with Crippen molar-refractivity contribution in [2.24, 2.45) is 0 Å². The number of rotatable bonds is 5. The van der Waals surface area contributed by atoms with Gasteiger partial charge >= 0.3 is 6.03 Å². The van der Waals surface area contributed by atoms with Gasteiger partial charge in [0.1, 0.15) is 0 Å². The van der Waals surface area contributed by atoms with Crippen LogP contribution in [0.15, 0.2) is 24.3 Å². The van der Waals surface area contributed by atoms with Gasteiger partial charge in [-0.05, 0) is 39.1 Å². The fraction of sp³-hybridized carbons (Fsp3) is 0.429. The third kappa shape index (κ3) is 5.40. The standard InChI is InChI=1S/C14H20N4O/c1-11(2)18(3)8-7-16-14(19)17-13-6-4-5-12(9-13)10-15/h4-6,9,11H,7-8H2,1-3H3,(H2,16,17,19). The van der Waals surface area contributed by atoms with Crippen molar-refractivity contribution in [3.05, 3.63) is 29.8 Å². The second kappa shape index (κ2) is 7.39. The molecule has 0 unspecified atom stereocenters. The molecule has 0 aromatic heterocycles. The number of carbonyl (C=O) groups excluding carboxylic acids is 1. The van der Waals surface area contributed by atoms with Crippen LogP contribution in [0.25, 0.3) is 0 Å². The number of nitrogens with zero attached hydrogens (tertiary/aromatic N) is 2. The molecule has 2 N–H and O–H groups in total. The summed E-state index contributed by atoms with van der Waals surface area (Å²) in [6.45, 7) is 5.59. The molecule has 0 fully saturated rings. The van der Waals surface area contributed by atoms with Crippen LogP contribution in [0.5, 0.6) is 0 Å². The Morgan fingerprint density at radius 1 is 1.47 bits per heavy atom. The first-order chi connectivity index (χ1) is 9.02. The molecular formula is C14H20N4O. The van der Waals surface area contributed by atoms with E-state index in [1.165, 1.54) is 0 Å². The zero-order valence-corrected chi connectivity index (χ0v) is 11.6. The number of hydrogen-bond donors (Lipinski definition) is 2. The average molecular weight is 260 g/mol. The number of nitrogens with one attached hydrogen (secondary N) is 2. The van der Waals surface area contributed by atoms with Crippen molar-refractivity contribution in [3.63, 3.8) is 0 Å². The highest BCUT2D eigenvalue weighted by molar-refractivity contribution is 5.89. The van der Waals surface area contributed by atoms with Gasteiger partial charge in [-0.25, -0.2) is 4.79 Å². The van der Waals surface area contributed by atoms with Crippen molar-refractivity contribution >= 4 is 11.7 Å². The van der Waals surface area contributed by atoms with E-state index in [4.69, 9.17) is 5.26 Å². The van der Waals surface area contributed by atoms with Crippen LogP contribution in [0, 0.1) is 11.3 Å². The van der Waals surface area contributed by atoms with E-state index < -0.39 is 0 Å². The third-order valence-corrected chi connectivity index (χ3v) is 2.88.